The Bertz CT molecular complexity index is 880. The first-order valence-corrected chi connectivity index (χ1v) is 8.34. The fourth-order valence-electron chi connectivity index (χ4n) is 2.55. The third kappa shape index (κ3) is 2.08. The fraction of sp³-hybridized carbons (Fsp3) is 0.0625. The lowest BCUT2D eigenvalue weighted by molar-refractivity contribution is 0.850. The number of benzene rings is 2. The van der Waals surface area contributed by atoms with Crippen molar-refractivity contribution in [2.24, 2.45) is 0 Å². The Morgan fingerprint density at radius 2 is 1.86 bits per heavy atom. The highest BCUT2D eigenvalue weighted by molar-refractivity contribution is 9.10. The molecule has 104 valence electrons. The summed E-state index contributed by atoms with van der Waals surface area (Å²) in [6, 6.07) is 15.9. The van der Waals surface area contributed by atoms with Gasteiger partial charge in [-0.15, -0.1) is 11.8 Å². The summed E-state index contributed by atoms with van der Waals surface area (Å²) in [7, 11) is 0. The molecule has 0 saturated carbocycles. The minimum absolute atomic E-state index is 0.0364. The predicted octanol–water partition coefficient (Wildman–Crippen LogP) is 4.20. The van der Waals surface area contributed by atoms with Gasteiger partial charge in [-0.25, -0.2) is 4.68 Å². The van der Waals surface area contributed by atoms with Crippen LogP contribution < -0.4 is 5.56 Å². The largest absolute Gasteiger partial charge is 0.290 e. The highest BCUT2D eigenvalue weighted by atomic mass is 79.9. The number of halogens is 1. The summed E-state index contributed by atoms with van der Waals surface area (Å²) in [5, 5.41) is 3.27. The van der Waals surface area contributed by atoms with E-state index >= 15 is 0 Å². The number of hydrogen-bond donors (Lipinski definition) is 1. The minimum atomic E-state index is 0.0364. The van der Waals surface area contributed by atoms with Crippen molar-refractivity contribution in [3.8, 4) is 16.9 Å². The zero-order chi connectivity index (χ0) is 14.4. The van der Waals surface area contributed by atoms with Gasteiger partial charge in [-0.05, 0) is 30.3 Å². The SMILES string of the molecule is O=c1c2c([nH]n1-c1ccc(Br)cc1)-c1ccccc1SC2. The van der Waals surface area contributed by atoms with Crippen molar-refractivity contribution < 1.29 is 0 Å². The number of H-pyrrole nitrogens is 1. The lowest BCUT2D eigenvalue weighted by atomic mass is 10.1. The van der Waals surface area contributed by atoms with Crippen molar-refractivity contribution in [3.05, 3.63) is 68.9 Å². The Hall–Kier alpha value is -1.72. The van der Waals surface area contributed by atoms with E-state index in [1.807, 2.05) is 36.4 Å². The van der Waals surface area contributed by atoms with Crippen LogP contribution in [0.5, 0.6) is 0 Å². The number of nitrogens with zero attached hydrogens (tertiary/aromatic N) is 1. The van der Waals surface area contributed by atoms with Crippen molar-refractivity contribution in [1.29, 1.82) is 0 Å². The first-order chi connectivity index (χ1) is 10.2. The van der Waals surface area contributed by atoms with Crippen LogP contribution in [0.1, 0.15) is 5.56 Å². The standard InChI is InChI=1S/C16H11BrN2OS/c17-10-5-7-11(8-6-10)19-16(20)13-9-21-14-4-2-1-3-12(14)15(13)18-19/h1-8,18H,9H2. The second-order valence-corrected chi connectivity index (χ2v) is 6.80. The summed E-state index contributed by atoms with van der Waals surface area (Å²) in [5.74, 6) is 0.714. The average Bonchev–Trinajstić information content (AvgIpc) is 2.86. The van der Waals surface area contributed by atoms with E-state index < -0.39 is 0 Å². The van der Waals surface area contributed by atoms with Crippen LogP contribution in [0.25, 0.3) is 16.9 Å². The molecule has 2 aromatic carbocycles. The molecule has 5 heteroatoms. The monoisotopic (exact) mass is 358 g/mol. The van der Waals surface area contributed by atoms with Gasteiger partial charge in [0.05, 0.1) is 16.9 Å². The summed E-state index contributed by atoms with van der Waals surface area (Å²) < 4.78 is 2.62. The van der Waals surface area contributed by atoms with Gasteiger partial charge in [0, 0.05) is 20.7 Å². The molecule has 21 heavy (non-hydrogen) atoms. The van der Waals surface area contributed by atoms with Gasteiger partial charge in [-0.1, -0.05) is 34.1 Å². The lowest BCUT2D eigenvalue weighted by Crippen LogP contribution is -2.17. The first kappa shape index (κ1) is 13.0. The van der Waals surface area contributed by atoms with Crippen molar-refractivity contribution in [1.82, 2.24) is 9.78 Å². The van der Waals surface area contributed by atoms with E-state index in [9.17, 15) is 4.79 Å². The maximum atomic E-state index is 12.6. The van der Waals surface area contributed by atoms with Crippen molar-refractivity contribution in [3.63, 3.8) is 0 Å². The van der Waals surface area contributed by atoms with E-state index in [0.717, 1.165) is 27.0 Å². The summed E-state index contributed by atoms with van der Waals surface area (Å²) in [6.45, 7) is 0. The van der Waals surface area contributed by atoms with E-state index in [-0.39, 0.29) is 5.56 Å². The third-order valence-corrected chi connectivity index (χ3v) is 5.23. The van der Waals surface area contributed by atoms with Crippen LogP contribution in [0, 0.1) is 0 Å². The van der Waals surface area contributed by atoms with E-state index in [2.05, 4.69) is 33.2 Å². The normalized spacial score (nSPS) is 12.8. The van der Waals surface area contributed by atoms with E-state index in [0.29, 0.717) is 5.75 Å². The summed E-state index contributed by atoms with van der Waals surface area (Å²) in [5.41, 5.74) is 3.78. The molecule has 1 N–H and O–H groups in total. The Kier molecular flexibility index (Phi) is 3.05. The molecule has 3 nitrogen and oxygen atoms in total. The maximum Gasteiger partial charge on any atom is 0.275 e. The summed E-state index contributed by atoms with van der Waals surface area (Å²) in [6.07, 6.45) is 0. The molecule has 3 aromatic rings. The second kappa shape index (κ2) is 4.93. The quantitative estimate of drug-likeness (QED) is 0.707. The smallest absolute Gasteiger partial charge is 0.275 e. The molecule has 0 aliphatic carbocycles. The number of rotatable bonds is 1. The van der Waals surface area contributed by atoms with Gasteiger partial charge in [0.25, 0.3) is 5.56 Å². The minimum Gasteiger partial charge on any atom is -0.290 e. The highest BCUT2D eigenvalue weighted by Gasteiger charge is 2.23. The van der Waals surface area contributed by atoms with Crippen molar-refractivity contribution in [2.75, 3.05) is 0 Å². The van der Waals surface area contributed by atoms with E-state index in [4.69, 9.17) is 0 Å². The average molecular weight is 359 g/mol. The van der Waals surface area contributed by atoms with Gasteiger partial charge in [0.1, 0.15) is 0 Å². The zero-order valence-corrected chi connectivity index (χ0v) is 13.4. The van der Waals surface area contributed by atoms with Gasteiger partial charge in [0.15, 0.2) is 0 Å². The van der Waals surface area contributed by atoms with Gasteiger partial charge in [-0.3, -0.25) is 9.89 Å². The number of aromatic amines is 1. The highest BCUT2D eigenvalue weighted by Crippen LogP contribution is 2.39. The molecule has 0 spiro atoms. The molecule has 4 rings (SSSR count). The number of nitrogens with one attached hydrogen (secondary N) is 1. The third-order valence-electron chi connectivity index (χ3n) is 3.60. The van der Waals surface area contributed by atoms with Crippen LogP contribution in [0.4, 0.5) is 0 Å². The Labute approximate surface area is 134 Å². The summed E-state index contributed by atoms with van der Waals surface area (Å²) >= 11 is 5.13. The van der Waals surface area contributed by atoms with Crippen LogP contribution in [0.2, 0.25) is 0 Å². The molecule has 0 atom stereocenters. The molecule has 1 aliphatic rings. The van der Waals surface area contributed by atoms with E-state index in [1.165, 1.54) is 4.90 Å². The molecule has 0 amide bonds. The number of thioether (sulfide) groups is 1. The zero-order valence-electron chi connectivity index (χ0n) is 11.0. The van der Waals surface area contributed by atoms with Gasteiger partial charge in [0.2, 0.25) is 0 Å². The molecule has 0 radical (unpaired) electrons. The molecule has 1 aliphatic heterocycles. The molecular formula is C16H11BrN2OS. The predicted molar refractivity (Wildman–Crippen MR) is 89.1 cm³/mol. The lowest BCUT2D eigenvalue weighted by Gasteiger charge is -2.13. The topological polar surface area (TPSA) is 37.8 Å². The van der Waals surface area contributed by atoms with Crippen molar-refractivity contribution >= 4 is 27.7 Å². The first-order valence-electron chi connectivity index (χ1n) is 6.56. The van der Waals surface area contributed by atoms with Crippen LogP contribution in [-0.4, -0.2) is 9.78 Å². The Morgan fingerprint density at radius 3 is 2.67 bits per heavy atom. The van der Waals surface area contributed by atoms with Gasteiger partial charge < -0.3 is 0 Å². The molecule has 2 heterocycles. The molecule has 1 aromatic heterocycles. The van der Waals surface area contributed by atoms with Crippen molar-refractivity contribution in [2.45, 2.75) is 10.6 Å². The molecule has 0 bridgehead atoms. The Morgan fingerprint density at radius 1 is 1.10 bits per heavy atom. The van der Waals surface area contributed by atoms with E-state index in [1.54, 1.807) is 16.4 Å². The van der Waals surface area contributed by atoms with Gasteiger partial charge in [-0.2, -0.15) is 0 Å². The number of aromatic nitrogens is 2. The summed E-state index contributed by atoms with van der Waals surface area (Å²) in [4.78, 5) is 13.8. The maximum absolute atomic E-state index is 12.6. The second-order valence-electron chi connectivity index (χ2n) is 4.87. The number of fused-ring (bicyclic) bond motifs is 3. The molecule has 0 saturated heterocycles. The van der Waals surface area contributed by atoms with Gasteiger partial charge >= 0.3 is 0 Å². The van der Waals surface area contributed by atoms with Crippen LogP contribution >= 0.6 is 27.7 Å². The molecule has 0 unspecified atom stereocenters. The Balaban J connectivity index is 1.93. The fourth-order valence-corrected chi connectivity index (χ4v) is 3.88. The molecule has 0 fully saturated rings. The van der Waals surface area contributed by atoms with Crippen LogP contribution in [0.15, 0.2) is 62.7 Å². The molecular weight excluding hydrogens is 348 g/mol. The van der Waals surface area contributed by atoms with Crippen LogP contribution in [-0.2, 0) is 5.75 Å². The number of hydrogen-bond acceptors (Lipinski definition) is 2. The van der Waals surface area contributed by atoms with Crippen LogP contribution in [0.3, 0.4) is 0 Å².